The van der Waals surface area contributed by atoms with E-state index in [0.29, 0.717) is 18.4 Å². The van der Waals surface area contributed by atoms with Crippen molar-refractivity contribution in [1.82, 2.24) is 9.99 Å². The van der Waals surface area contributed by atoms with Gasteiger partial charge in [0.05, 0.1) is 12.3 Å². The number of rotatable bonds is 12. The molecule has 2 aliphatic rings. The number of pyridine rings is 1. The lowest BCUT2D eigenvalue weighted by atomic mass is 10.1. The van der Waals surface area contributed by atoms with E-state index in [2.05, 4.69) is 67.8 Å². The third-order valence-electron chi connectivity index (χ3n) is 7.80. The summed E-state index contributed by atoms with van der Waals surface area (Å²) in [5.41, 5.74) is 4.69. The molecular weight excluding hydrogens is 631 g/mol. The Labute approximate surface area is 297 Å². The van der Waals surface area contributed by atoms with Gasteiger partial charge in [0.25, 0.3) is 0 Å². The lowest BCUT2D eigenvalue weighted by Crippen LogP contribution is -2.30. The van der Waals surface area contributed by atoms with E-state index in [1.54, 1.807) is 6.21 Å². The van der Waals surface area contributed by atoms with E-state index >= 15 is 0 Å². The first-order chi connectivity index (χ1) is 24.0. The van der Waals surface area contributed by atoms with Crippen molar-refractivity contribution >= 4 is 29.3 Å². The lowest BCUT2D eigenvalue weighted by molar-refractivity contribution is -0.114. The molecule has 0 radical (unpaired) electrons. The number of nitrogens with zero attached hydrogens (tertiary/aromatic N) is 5. The van der Waals surface area contributed by atoms with Gasteiger partial charge in [-0.2, -0.15) is 5.10 Å². The van der Waals surface area contributed by atoms with E-state index in [0.717, 1.165) is 97.0 Å². The van der Waals surface area contributed by atoms with E-state index in [1.165, 1.54) is 0 Å². The van der Waals surface area contributed by atoms with Crippen molar-refractivity contribution in [1.29, 1.82) is 0 Å². The molecule has 0 bridgehead atoms. The standard InChI is InChI=1S/C36H48N6O2.C4H5FO/c1-8-12-14-18-37-35(34-28(7)22-33-36(40-34)41(19-13-9-2)24-26(5)25-43-33)39-29-15-16-32(27(6)21-29)44-31-17-20-42(38-11-4)30(10-3)23-31;1-3(5)4(2)6/h10-11,14-18,20-23,26H,8-9,12-13,19,24-25H2,1-7H3,(H,37,39);1H2,2H3/b18-14+,30-10+,38-11-;. The second-order valence-corrected chi connectivity index (χ2v) is 12.3. The third-order valence-corrected chi connectivity index (χ3v) is 7.80. The highest BCUT2D eigenvalue weighted by atomic mass is 19.1. The second kappa shape index (κ2) is 19.9. The minimum absolute atomic E-state index is 0.421. The molecule has 0 saturated heterocycles. The molecule has 1 aromatic heterocycles. The lowest BCUT2D eigenvalue weighted by Gasteiger charge is -2.25. The summed E-state index contributed by atoms with van der Waals surface area (Å²) in [5, 5.41) is 9.75. The predicted molar refractivity (Wildman–Crippen MR) is 205 cm³/mol. The first kappa shape index (κ1) is 39.4. The van der Waals surface area contributed by atoms with Crippen LogP contribution in [0.1, 0.15) is 84.0 Å². The summed E-state index contributed by atoms with van der Waals surface area (Å²) in [6.45, 7) is 21.1. The molecule has 2 aliphatic heterocycles. The molecule has 0 saturated carbocycles. The van der Waals surface area contributed by atoms with Gasteiger partial charge in [0.2, 0.25) is 0 Å². The average Bonchev–Trinajstić information content (AvgIpc) is 3.24. The van der Waals surface area contributed by atoms with Gasteiger partial charge in [0.15, 0.2) is 29.0 Å². The van der Waals surface area contributed by atoms with Gasteiger partial charge in [-0.3, -0.25) is 4.79 Å². The van der Waals surface area contributed by atoms with Gasteiger partial charge >= 0.3 is 0 Å². The highest BCUT2D eigenvalue weighted by Crippen LogP contribution is 2.33. The zero-order valence-electron chi connectivity index (χ0n) is 30.9. The molecule has 1 aromatic carbocycles. The van der Waals surface area contributed by atoms with Crippen molar-refractivity contribution in [3.63, 3.8) is 0 Å². The second-order valence-electron chi connectivity index (χ2n) is 12.3. The monoisotopic (exact) mass is 684 g/mol. The molecule has 0 spiro atoms. The van der Waals surface area contributed by atoms with Crippen molar-refractivity contribution in [2.45, 2.75) is 81.1 Å². The number of benzene rings is 1. The highest BCUT2D eigenvalue weighted by Gasteiger charge is 2.24. The summed E-state index contributed by atoms with van der Waals surface area (Å²) >= 11 is 0. The maximum absolute atomic E-state index is 11.3. The number of halogens is 1. The molecule has 3 heterocycles. The quantitative estimate of drug-likeness (QED) is 0.135. The molecule has 268 valence electrons. The molecule has 1 unspecified atom stereocenters. The number of unbranched alkanes of at least 4 members (excludes halogenated alkanes) is 2. The van der Waals surface area contributed by atoms with Crippen LogP contribution in [0.5, 0.6) is 11.5 Å². The molecule has 0 amide bonds. The maximum atomic E-state index is 11.3. The fraction of sp³-hybridized carbons (Fsp3) is 0.400. The van der Waals surface area contributed by atoms with Crippen molar-refractivity contribution in [3.8, 4) is 11.5 Å². The van der Waals surface area contributed by atoms with Crippen LogP contribution < -0.4 is 19.7 Å². The number of aryl methyl sites for hydroxylation is 2. The summed E-state index contributed by atoms with van der Waals surface area (Å²) in [4.78, 5) is 22.1. The van der Waals surface area contributed by atoms with Crippen LogP contribution in [0.2, 0.25) is 0 Å². The summed E-state index contributed by atoms with van der Waals surface area (Å²) in [5.74, 6) is 2.92. The largest absolute Gasteiger partial charge is 0.489 e. The summed E-state index contributed by atoms with van der Waals surface area (Å²) in [7, 11) is 0. The topological polar surface area (TPSA) is 91.7 Å². The molecule has 4 rings (SSSR count). The number of carbonyl (C=O) groups excluding carboxylic acids is 1. The third kappa shape index (κ3) is 11.6. The number of amidine groups is 1. The summed E-state index contributed by atoms with van der Waals surface area (Å²) < 4.78 is 23.8. The number of hydrogen-bond donors (Lipinski definition) is 1. The Hall–Kier alpha value is -4.99. The summed E-state index contributed by atoms with van der Waals surface area (Å²) in [6.07, 6.45) is 17.8. The Morgan fingerprint density at radius 3 is 2.60 bits per heavy atom. The van der Waals surface area contributed by atoms with E-state index in [1.807, 2.05) is 68.5 Å². The minimum Gasteiger partial charge on any atom is -0.489 e. The van der Waals surface area contributed by atoms with Crippen LogP contribution in [0, 0.1) is 19.8 Å². The SMILES string of the molecule is C/C=N\N1C=CC(Oc2ccc(NC(=N/C=C/CCC)c3nc4c(cc3C)OCC(C)CN4CCCC)cc2C)=C/C1=C\C.C=C(F)C(C)=O. The summed E-state index contributed by atoms with van der Waals surface area (Å²) in [6, 6.07) is 8.19. The average molecular weight is 685 g/mol. The highest BCUT2D eigenvalue weighted by molar-refractivity contribution is 6.08. The Morgan fingerprint density at radius 2 is 1.96 bits per heavy atom. The van der Waals surface area contributed by atoms with Crippen molar-refractivity contribution in [2.24, 2.45) is 16.0 Å². The fourth-order valence-electron chi connectivity index (χ4n) is 5.07. The van der Waals surface area contributed by atoms with Gasteiger partial charge in [-0.25, -0.2) is 19.4 Å². The smallest absolute Gasteiger partial charge is 0.187 e. The van der Waals surface area contributed by atoms with Crippen LogP contribution in [0.15, 0.2) is 94.9 Å². The number of Topliss-reactive ketones (excluding diaryl/α,β-unsaturated/α-hetero) is 1. The molecule has 1 atom stereocenters. The number of hydrogen-bond acceptors (Lipinski definition) is 8. The molecule has 0 aliphatic carbocycles. The number of aliphatic imine (C=N–C) groups is 1. The van der Waals surface area contributed by atoms with Crippen LogP contribution in [0.25, 0.3) is 0 Å². The number of anilines is 2. The van der Waals surface area contributed by atoms with Gasteiger partial charge in [-0.15, -0.1) is 0 Å². The number of fused-ring (bicyclic) bond motifs is 1. The predicted octanol–water partition coefficient (Wildman–Crippen LogP) is 9.57. The Morgan fingerprint density at radius 1 is 1.20 bits per heavy atom. The van der Waals surface area contributed by atoms with Gasteiger partial charge in [0, 0.05) is 56.3 Å². The molecule has 2 aromatic rings. The number of ether oxygens (including phenoxy) is 2. The van der Waals surface area contributed by atoms with E-state index in [-0.39, 0.29) is 0 Å². The molecular formula is C40H53FN6O3. The Kier molecular flexibility index (Phi) is 15.7. The van der Waals surface area contributed by atoms with Gasteiger partial charge in [0.1, 0.15) is 17.2 Å². The maximum Gasteiger partial charge on any atom is 0.187 e. The number of hydrazone groups is 1. The van der Waals surface area contributed by atoms with Crippen LogP contribution in [0.3, 0.4) is 0 Å². The molecule has 50 heavy (non-hydrogen) atoms. The number of allylic oxidation sites excluding steroid dienone is 5. The zero-order chi connectivity index (χ0) is 36.6. The van der Waals surface area contributed by atoms with Gasteiger partial charge < -0.3 is 19.7 Å². The molecule has 1 N–H and O–H groups in total. The Bertz CT molecular complexity index is 1660. The van der Waals surface area contributed by atoms with Crippen LogP contribution in [-0.2, 0) is 4.79 Å². The normalized spacial score (nSPS) is 16.8. The molecule has 0 fully saturated rings. The molecule has 9 nitrogen and oxygen atoms in total. The minimum atomic E-state index is -0.880. The van der Waals surface area contributed by atoms with Gasteiger partial charge in [-0.1, -0.05) is 52.3 Å². The van der Waals surface area contributed by atoms with Crippen molar-refractivity contribution < 1.29 is 18.7 Å². The number of ketones is 1. The number of aromatic nitrogens is 1. The van der Waals surface area contributed by atoms with E-state index in [4.69, 9.17) is 19.5 Å². The van der Waals surface area contributed by atoms with E-state index < -0.39 is 11.6 Å². The van der Waals surface area contributed by atoms with Crippen LogP contribution in [-0.4, -0.2) is 47.5 Å². The Balaban J connectivity index is 0.00000103. The first-order valence-corrected chi connectivity index (χ1v) is 17.4. The fourth-order valence-corrected chi connectivity index (χ4v) is 5.07. The molecule has 10 heteroatoms. The van der Waals surface area contributed by atoms with Crippen LogP contribution in [0.4, 0.5) is 15.9 Å². The first-order valence-electron chi connectivity index (χ1n) is 17.4. The van der Waals surface area contributed by atoms with Crippen LogP contribution >= 0.6 is 0 Å². The van der Waals surface area contributed by atoms with Crippen molar-refractivity contribution in [2.75, 3.05) is 29.9 Å². The number of carbonyl (C=O) groups is 1. The zero-order valence-corrected chi connectivity index (χ0v) is 30.9. The number of nitrogens with one attached hydrogen (secondary N) is 1. The van der Waals surface area contributed by atoms with Crippen molar-refractivity contribution in [3.05, 3.63) is 102 Å². The van der Waals surface area contributed by atoms with E-state index in [9.17, 15) is 9.18 Å². The van der Waals surface area contributed by atoms with Gasteiger partial charge in [-0.05, 0) is 82.0 Å².